The Balaban J connectivity index is 2.37. The van der Waals surface area contributed by atoms with E-state index in [4.69, 9.17) is 41.2 Å². The summed E-state index contributed by atoms with van der Waals surface area (Å²) in [5.74, 6) is -0.502. The van der Waals surface area contributed by atoms with Crippen LogP contribution < -0.4 is 11.1 Å². The van der Waals surface area contributed by atoms with Crippen LogP contribution in [0.2, 0.25) is 10.0 Å². The van der Waals surface area contributed by atoms with Crippen molar-refractivity contribution in [3.05, 3.63) is 57.8 Å². The first-order chi connectivity index (χ1) is 8.97. The van der Waals surface area contributed by atoms with E-state index in [1.807, 2.05) is 0 Å². The molecule has 0 saturated carbocycles. The minimum Gasteiger partial charge on any atom is -0.389 e. The second-order valence-electron chi connectivity index (χ2n) is 3.81. The minimum absolute atomic E-state index is 0.0659. The highest BCUT2D eigenvalue weighted by Gasteiger charge is 2.08. The van der Waals surface area contributed by atoms with Crippen LogP contribution in [0.15, 0.2) is 36.4 Å². The molecule has 0 atom stereocenters. The zero-order valence-electron chi connectivity index (χ0n) is 9.58. The third-order valence-corrected chi connectivity index (χ3v) is 3.21. The fraction of sp³-hybridized carbons (Fsp3) is 0. The van der Waals surface area contributed by atoms with Gasteiger partial charge in [-0.3, -0.25) is 0 Å². The Morgan fingerprint density at radius 2 is 1.89 bits per heavy atom. The molecule has 98 valence electrons. The van der Waals surface area contributed by atoms with E-state index in [2.05, 4.69) is 5.32 Å². The molecule has 0 aromatic heterocycles. The average molecular weight is 315 g/mol. The SMILES string of the molecule is NC(=S)c1cc(Cl)ccc1Nc1ccc(Cl)c(F)c1. The third kappa shape index (κ3) is 3.35. The van der Waals surface area contributed by atoms with Crippen LogP contribution in [0.1, 0.15) is 5.56 Å². The summed E-state index contributed by atoms with van der Waals surface area (Å²) < 4.78 is 13.4. The van der Waals surface area contributed by atoms with E-state index in [1.54, 1.807) is 24.3 Å². The zero-order valence-corrected chi connectivity index (χ0v) is 11.9. The monoisotopic (exact) mass is 314 g/mol. The highest BCUT2D eigenvalue weighted by molar-refractivity contribution is 7.80. The largest absolute Gasteiger partial charge is 0.389 e. The summed E-state index contributed by atoms with van der Waals surface area (Å²) in [6, 6.07) is 9.49. The van der Waals surface area contributed by atoms with Gasteiger partial charge in [0.25, 0.3) is 0 Å². The molecule has 0 radical (unpaired) electrons. The molecule has 3 N–H and O–H groups in total. The summed E-state index contributed by atoms with van der Waals surface area (Å²) in [7, 11) is 0. The summed E-state index contributed by atoms with van der Waals surface area (Å²) in [6.45, 7) is 0. The molecule has 2 aromatic carbocycles. The molecule has 0 fully saturated rings. The minimum atomic E-state index is -0.502. The Morgan fingerprint density at radius 3 is 2.53 bits per heavy atom. The molecule has 0 aliphatic heterocycles. The molecule has 2 aromatic rings. The maximum absolute atomic E-state index is 13.4. The van der Waals surface area contributed by atoms with Crippen LogP contribution in [-0.4, -0.2) is 4.99 Å². The quantitative estimate of drug-likeness (QED) is 0.819. The van der Waals surface area contributed by atoms with Crippen molar-refractivity contribution in [3.8, 4) is 0 Å². The van der Waals surface area contributed by atoms with Gasteiger partial charge in [0, 0.05) is 22.0 Å². The lowest BCUT2D eigenvalue weighted by Gasteiger charge is -2.12. The van der Waals surface area contributed by atoms with Crippen molar-refractivity contribution in [1.29, 1.82) is 0 Å². The Bertz CT molecular complexity index is 647. The molecule has 0 bridgehead atoms. The van der Waals surface area contributed by atoms with Crippen molar-refractivity contribution >= 4 is 51.8 Å². The van der Waals surface area contributed by atoms with Crippen molar-refractivity contribution < 1.29 is 4.39 Å². The number of halogens is 3. The standard InChI is InChI=1S/C13H9Cl2FN2S/c14-7-1-4-12(9(5-7)13(17)19)18-8-2-3-10(15)11(16)6-8/h1-6,18H,(H2,17,19). The van der Waals surface area contributed by atoms with Gasteiger partial charge in [-0.1, -0.05) is 35.4 Å². The molecule has 0 amide bonds. The lowest BCUT2D eigenvalue weighted by Crippen LogP contribution is -2.12. The molecule has 0 unspecified atom stereocenters. The third-order valence-electron chi connectivity index (χ3n) is 2.45. The highest BCUT2D eigenvalue weighted by atomic mass is 35.5. The van der Waals surface area contributed by atoms with Crippen molar-refractivity contribution in [2.75, 3.05) is 5.32 Å². The van der Waals surface area contributed by atoms with Gasteiger partial charge in [0.1, 0.15) is 10.8 Å². The van der Waals surface area contributed by atoms with E-state index in [0.717, 1.165) is 0 Å². The number of benzene rings is 2. The van der Waals surface area contributed by atoms with E-state index < -0.39 is 5.82 Å². The summed E-state index contributed by atoms with van der Waals surface area (Å²) in [6.07, 6.45) is 0. The molecule has 0 spiro atoms. The lowest BCUT2D eigenvalue weighted by atomic mass is 10.1. The molecule has 0 aliphatic rings. The fourth-order valence-corrected chi connectivity index (χ4v) is 2.02. The first kappa shape index (κ1) is 14.1. The number of hydrogen-bond donors (Lipinski definition) is 2. The number of rotatable bonds is 3. The van der Waals surface area contributed by atoms with Gasteiger partial charge in [-0.2, -0.15) is 0 Å². The number of anilines is 2. The first-order valence-electron chi connectivity index (χ1n) is 5.29. The summed E-state index contributed by atoms with van der Waals surface area (Å²) in [4.78, 5) is 0.208. The Labute approximate surface area is 125 Å². The van der Waals surface area contributed by atoms with E-state index >= 15 is 0 Å². The molecule has 2 rings (SSSR count). The van der Waals surface area contributed by atoms with E-state index in [1.165, 1.54) is 12.1 Å². The van der Waals surface area contributed by atoms with Gasteiger partial charge >= 0.3 is 0 Å². The topological polar surface area (TPSA) is 38.0 Å². The number of nitrogens with one attached hydrogen (secondary N) is 1. The normalized spacial score (nSPS) is 10.3. The maximum Gasteiger partial charge on any atom is 0.143 e. The van der Waals surface area contributed by atoms with Crippen LogP contribution in [0.4, 0.5) is 15.8 Å². The first-order valence-corrected chi connectivity index (χ1v) is 6.45. The lowest BCUT2D eigenvalue weighted by molar-refractivity contribution is 0.629. The zero-order chi connectivity index (χ0) is 14.0. The van der Waals surface area contributed by atoms with E-state index in [-0.39, 0.29) is 10.0 Å². The van der Waals surface area contributed by atoms with Gasteiger partial charge in [-0.25, -0.2) is 4.39 Å². The summed E-state index contributed by atoms with van der Waals surface area (Å²) in [5.41, 5.74) is 7.42. The van der Waals surface area contributed by atoms with Crippen LogP contribution >= 0.6 is 35.4 Å². The van der Waals surface area contributed by atoms with Crippen LogP contribution in [-0.2, 0) is 0 Å². The smallest absolute Gasteiger partial charge is 0.143 e. The number of nitrogens with two attached hydrogens (primary N) is 1. The molecule has 0 aliphatic carbocycles. The Morgan fingerprint density at radius 1 is 1.16 bits per heavy atom. The van der Waals surface area contributed by atoms with Gasteiger partial charge in [-0.05, 0) is 36.4 Å². The van der Waals surface area contributed by atoms with E-state index in [0.29, 0.717) is 22.0 Å². The fourth-order valence-electron chi connectivity index (χ4n) is 1.56. The van der Waals surface area contributed by atoms with Gasteiger partial charge in [0.15, 0.2) is 0 Å². The Hall–Kier alpha value is -1.36. The summed E-state index contributed by atoms with van der Waals surface area (Å²) in [5, 5.41) is 3.61. The molecule has 19 heavy (non-hydrogen) atoms. The Kier molecular flexibility index (Phi) is 4.24. The maximum atomic E-state index is 13.4. The average Bonchev–Trinajstić information content (AvgIpc) is 2.36. The van der Waals surface area contributed by atoms with Crippen molar-refractivity contribution in [1.82, 2.24) is 0 Å². The van der Waals surface area contributed by atoms with Gasteiger partial charge in [0.2, 0.25) is 0 Å². The predicted molar refractivity (Wildman–Crippen MR) is 82.0 cm³/mol. The molecular formula is C13H9Cl2FN2S. The highest BCUT2D eigenvalue weighted by Crippen LogP contribution is 2.26. The predicted octanol–water partition coefficient (Wildman–Crippen LogP) is 4.51. The number of thiocarbonyl (C=S) groups is 1. The molecule has 2 nitrogen and oxygen atoms in total. The molecule has 0 saturated heterocycles. The van der Waals surface area contributed by atoms with Crippen molar-refractivity contribution in [3.63, 3.8) is 0 Å². The van der Waals surface area contributed by atoms with Crippen molar-refractivity contribution in [2.24, 2.45) is 5.73 Å². The van der Waals surface area contributed by atoms with Crippen LogP contribution in [0.3, 0.4) is 0 Å². The van der Waals surface area contributed by atoms with E-state index in [9.17, 15) is 4.39 Å². The van der Waals surface area contributed by atoms with Gasteiger partial charge in [-0.15, -0.1) is 0 Å². The summed E-state index contributed by atoms with van der Waals surface area (Å²) >= 11 is 16.5. The van der Waals surface area contributed by atoms with Crippen molar-refractivity contribution in [2.45, 2.75) is 0 Å². The van der Waals surface area contributed by atoms with Crippen LogP contribution in [0.5, 0.6) is 0 Å². The van der Waals surface area contributed by atoms with Crippen LogP contribution in [0.25, 0.3) is 0 Å². The molecule has 6 heteroatoms. The second kappa shape index (κ2) is 5.74. The molecular weight excluding hydrogens is 306 g/mol. The number of hydrogen-bond acceptors (Lipinski definition) is 2. The van der Waals surface area contributed by atoms with Crippen LogP contribution in [0, 0.1) is 5.82 Å². The molecule has 0 heterocycles. The second-order valence-corrected chi connectivity index (χ2v) is 5.09. The van der Waals surface area contributed by atoms with Gasteiger partial charge in [0.05, 0.1) is 5.02 Å². The van der Waals surface area contributed by atoms with Gasteiger partial charge < -0.3 is 11.1 Å².